The van der Waals surface area contributed by atoms with E-state index in [0.29, 0.717) is 24.5 Å². The number of nitrogens with one attached hydrogen (secondary N) is 1. The number of amides is 1. The monoisotopic (exact) mass is 248 g/mol. The van der Waals surface area contributed by atoms with Gasteiger partial charge in [-0.1, -0.05) is 18.2 Å². The number of hydrogen-bond donors (Lipinski definition) is 2. The molecule has 0 saturated heterocycles. The van der Waals surface area contributed by atoms with Crippen molar-refractivity contribution in [2.24, 2.45) is 5.73 Å². The molecule has 1 aromatic rings. The molecule has 0 saturated carbocycles. The first kappa shape index (κ1) is 12.4. The molecule has 0 aliphatic carbocycles. The molecule has 3 N–H and O–H groups in total. The lowest BCUT2D eigenvalue weighted by atomic mass is 10.1. The summed E-state index contributed by atoms with van der Waals surface area (Å²) in [6.07, 6.45) is 2.08. The molecule has 0 radical (unpaired) electrons. The van der Waals surface area contributed by atoms with Gasteiger partial charge in [0.1, 0.15) is 0 Å². The minimum absolute atomic E-state index is 0.202. The number of ether oxygens (including phenoxy) is 2. The first-order valence-electron chi connectivity index (χ1n) is 5.74. The number of carbonyl (C=O) groups is 1. The molecule has 18 heavy (non-hydrogen) atoms. The number of benzene rings is 1. The number of fused-ring (bicyclic) bond motifs is 1. The van der Waals surface area contributed by atoms with E-state index in [9.17, 15) is 4.79 Å². The number of carbonyl (C=O) groups excluding carboxylic acids is 1. The average molecular weight is 248 g/mol. The topological polar surface area (TPSA) is 73.6 Å². The quantitative estimate of drug-likeness (QED) is 0.760. The van der Waals surface area contributed by atoms with E-state index in [2.05, 4.69) is 11.9 Å². The summed E-state index contributed by atoms with van der Waals surface area (Å²) >= 11 is 0. The molecule has 0 aromatic heterocycles. The first-order valence-corrected chi connectivity index (χ1v) is 5.74. The highest BCUT2D eigenvalue weighted by atomic mass is 16.7. The Morgan fingerprint density at radius 1 is 1.56 bits per heavy atom. The van der Waals surface area contributed by atoms with Gasteiger partial charge >= 0.3 is 0 Å². The van der Waals surface area contributed by atoms with Crippen LogP contribution in [-0.2, 0) is 11.3 Å². The van der Waals surface area contributed by atoms with Crippen LogP contribution in [0.3, 0.4) is 0 Å². The minimum atomic E-state index is -0.559. The molecule has 1 heterocycles. The van der Waals surface area contributed by atoms with Crippen LogP contribution in [0, 0.1) is 0 Å². The third-order valence-electron chi connectivity index (χ3n) is 2.69. The summed E-state index contributed by atoms with van der Waals surface area (Å²) in [5.41, 5.74) is 6.54. The van der Waals surface area contributed by atoms with Crippen LogP contribution in [-0.4, -0.2) is 18.7 Å². The predicted molar refractivity (Wildman–Crippen MR) is 67.2 cm³/mol. The van der Waals surface area contributed by atoms with Gasteiger partial charge in [-0.15, -0.1) is 6.58 Å². The van der Waals surface area contributed by atoms with Gasteiger partial charge < -0.3 is 20.5 Å². The highest BCUT2D eigenvalue weighted by Crippen LogP contribution is 2.35. The number of rotatable bonds is 5. The van der Waals surface area contributed by atoms with Crippen LogP contribution in [0.25, 0.3) is 0 Å². The van der Waals surface area contributed by atoms with Crippen molar-refractivity contribution in [2.45, 2.75) is 19.0 Å². The van der Waals surface area contributed by atoms with E-state index in [1.807, 2.05) is 18.2 Å². The molecular formula is C13H16N2O3. The molecule has 1 amide bonds. The van der Waals surface area contributed by atoms with Crippen molar-refractivity contribution in [3.05, 3.63) is 36.4 Å². The molecule has 1 atom stereocenters. The SMILES string of the molecule is C=CCC(N)C(=O)NCc1cccc2c1OCO2. The molecule has 1 aliphatic rings. The maximum absolute atomic E-state index is 11.7. The number of nitrogens with two attached hydrogens (primary N) is 1. The van der Waals surface area contributed by atoms with Crippen LogP contribution in [0.15, 0.2) is 30.9 Å². The first-order chi connectivity index (χ1) is 8.72. The zero-order chi connectivity index (χ0) is 13.0. The summed E-state index contributed by atoms with van der Waals surface area (Å²) in [5.74, 6) is 1.19. The van der Waals surface area contributed by atoms with Gasteiger partial charge in [-0.2, -0.15) is 0 Å². The molecule has 1 aromatic carbocycles. The van der Waals surface area contributed by atoms with Gasteiger partial charge in [-0.05, 0) is 12.5 Å². The Morgan fingerprint density at radius 2 is 2.39 bits per heavy atom. The van der Waals surface area contributed by atoms with Gasteiger partial charge in [-0.3, -0.25) is 4.79 Å². The predicted octanol–water partition coefficient (Wildman–Crippen LogP) is 0.935. The summed E-state index contributed by atoms with van der Waals surface area (Å²) < 4.78 is 10.6. The van der Waals surface area contributed by atoms with Gasteiger partial charge in [-0.25, -0.2) is 0 Å². The lowest BCUT2D eigenvalue weighted by Gasteiger charge is -2.11. The average Bonchev–Trinajstić information content (AvgIpc) is 2.84. The smallest absolute Gasteiger partial charge is 0.237 e. The maximum atomic E-state index is 11.7. The van der Waals surface area contributed by atoms with E-state index >= 15 is 0 Å². The fourth-order valence-electron chi connectivity index (χ4n) is 1.73. The highest BCUT2D eigenvalue weighted by molar-refractivity contribution is 5.81. The summed E-state index contributed by atoms with van der Waals surface area (Å²) in [5, 5.41) is 2.77. The van der Waals surface area contributed by atoms with Crippen LogP contribution in [0.1, 0.15) is 12.0 Å². The standard InChI is InChI=1S/C13H16N2O3/c1-2-4-10(14)13(16)15-7-9-5-3-6-11-12(9)18-8-17-11/h2-3,5-6,10H,1,4,7-8,14H2,(H,15,16). The number of para-hydroxylation sites is 1. The molecule has 0 bridgehead atoms. The molecule has 0 fully saturated rings. The summed E-state index contributed by atoms with van der Waals surface area (Å²) in [4.78, 5) is 11.7. The van der Waals surface area contributed by atoms with Gasteiger partial charge in [0.2, 0.25) is 12.7 Å². The van der Waals surface area contributed by atoms with Crippen LogP contribution in [0.4, 0.5) is 0 Å². The van der Waals surface area contributed by atoms with Crippen molar-refractivity contribution < 1.29 is 14.3 Å². The lowest BCUT2D eigenvalue weighted by molar-refractivity contribution is -0.122. The fourth-order valence-corrected chi connectivity index (χ4v) is 1.73. The van der Waals surface area contributed by atoms with Gasteiger partial charge in [0.15, 0.2) is 11.5 Å². The van der Waals surface area contributed by atoms with E-state index < -0.39 is 6.04 Å². The van der Waals surface area contributed by atoms with Crippen molar-refractivity contribution in [2.75, 3.05) is 6.79 Å². The van der Waals surface area contributed by atoms with E-state index in [4.69, 9.17) is 15.2 Å². The van der Waals surface area contributed by atoms with Gasteiger partial charge in [0.25, 0.3) is 0 Å². The lowest BCUT2D eigenvalue weighted by Crippen LogP contribution is -2.39. The van der Waals surface area contributed by atoms with Crippen LogP contribution >= 0.6 is 0 Å². The molecule has 1 aliphatic heterocycles. The summed E-state index contributed by atoms with van der Waals surface area (Å²) in [6, 6.07) is 5.01. The Bertz CT molecular complexity index is 460. The second-order valence-electron chi connectivity index (χ2n) is 4.00. The minimum Gasteiger partial charge on any atom is -0.454 e. The molecule has 5 heteroatoms. The Hall–Kier alpha value is -2.01. The van der Waals surface area contributed by atoms with Crippen LogP contribution < -0.4 is 20.5 Å². The molecule has 2 rings (SSSR count). The Morgan fingerprint density at radius 3 is 3.17 bits per heavy atom. The van der Waals surface area contributed by atoms with E-state index in [1.54, 1.807) is 6.08 Å². The molecule has 96 valence electrons. The Labute approximate surface area is 106 Å². The van der Waals surface area contributed by atoms with Crippen molar-refractivity contribution in [1.29, 1.82) is 0 Å². The van der Waals surface area contributed by atoms with E-state index in [-0.39, 0.29) is 12.7 Å². The van der Waals surface area contributed by atoms with Crippen molar-refractivity contribution in [3.8, 4) is 11.5 Å². The fraction of sp³-hybridized carbons (Fsp3) is 0.308. The molecule has 0 spiro atoms. The van der Waals surface area contributed by atoms with Crippen molar-refractivity contribution in [1.82, 2.24) is 5.32 Å². The van der Waals surface area contributed by atoms with E-state index in [1.165, 1.54) is 0 Å². The third kappa shape index (κ3) is 2.62. The molecule has 1 unspecified atom stereocenters. The van der Waals surface area contributed by atoms with Crippen molar-refractivity contribution >= 4 is 5.91 Å². The maximum Gasteiger partial charge on any atom is 0.237 e. The molecular weight excluding hydrogens is 232 g/mol. The Kier molecular flexibility index (Phi) is 3.84. The summed E-state index contributed by atoms with van der Waals surface area (Å²) in [6.45, 7) is 4.14. The summed E-state index contributed by atoms with van der Waals surface area (Å²) in [7, 11) is 0. The Balaban J connectivity index is 1.97. The third-order valence-corrected chi connectivity index (χ3v) is 2.69. The van der Waals surface area contributed by atoms with E-state index in [0.717, 1.165) is 5.56 Å². The molecule has 5 nitrogen and oxygen atoms in total. The van der Waals surface area contributed by atoms with Crippen LogP contribution in [0.5, 0.6) is 11.5 Å². The number of hydrogen-bond acceptors (Lipinski definition) is 4. The second kappa shape index (κ2) is 5.55. The largest absolute Gasteiger partial charge is 0.454 e. The zero-order valence-electron chi connectivity index (χ0n) is 10.0. The van der Waals surface area contributed by atoms with Gasteiger partial charge in [0, 0.05) is 12.1 Å². The highest BCUT2D eigenvalue weighted by Gasteiger charge is 2.18. The zero-order valence-corrected chi connectivity index (χ0v) is 10.0. The van der Waals surface area contributed by atoms with Crippen molar-refractivity contribution in [3.63, 3.8) is 0 Å². The van der Waals surface area contributed by atoms with Crippen LogP contribution in [0.2, 0.25) is 0 Å². The second-order valence-corrected chi connectivity index (χ2v) is 4.00. The van der Waals surface area contributed by atoms with Gasteiger partial charge in [0.05, 0.1) is 6.04 Å². The normalized spacial score (nSPS) is 14.1.